The lowest BCUT2D eigenvalue weighted by Crippen LogP contribution is -2.23. The topological polar surface area (TPSA) is 77.5 Å². The lowest BCUT2D eigenvalue weighted by Gasteiger charge is -2.18. The number of esters is 1. The second-order valence-electron chi connectivity index (χ2n) is 4.34. The number of benzene rings is 1. The Morgan fingerprint density at radius 3 is 2.63 bits per heavy atom. The fourth-order valence-electron chi connectivity index (χ4n) is 2.16. The van der Waals surface area contributed by atoms with Crippen molar-refractivity contribution < 1.29 is 22.7 Å². The molecule has 0 spiro atoms. The molecule has 0 radical (unpaired) electrons. The average molecular weight is 282 g/mol. The van der Waals surface area contributed by atoms with Gasteiger partial charge in [-0.3, -0.25) is 4.79 Å². The van der Waals surface area contributed by atoms with E-state index in [1.165, 1.54) is 19.2 Å². The number of carbonyl (C=O) groups excluding carboxylic acids is 2. The van der Waals surface area contributed by atoms with E-state index in [9.17, 15) is 18.0 Å². The van der Waals surface area contributed by atoms with Crippen molar-refractivity contribution in [2.45, 2.75) is 24.7 Å². The van der Waals surface area contributed by atoms with Crippen LogP contribution in [0.3, 0.4) is 0 Å². The molecule has 19 heavy (non-hydrogen) atoms. The van der Waals surface area contributed by atoms with Gasteiger partial charge in [0.15, 0.2) is 15.6 Å². The quantitative estimate of drug-likeness (QED) is 0.766. The van der Waals surface area contributed by atoms with Crippen molar-refractivity contribution in [3.8, 4) is 0 Å². The Balaban J connectivity index is 2.75. The highest BCUT2D eigenvalue weighted by atomic mass is 32.2. The van der Waals surface area contributed by atoms with E-state index in [0.29, 0.717) is 12.0 Å². The average Bonchev–Trinajstić information content (AvgIpc) is 2.41. The molecule has 2 rings (SSSR count). The van der Waals surface area contributed by atoms with Gasteiger partial charge in [-0.15, -0.1) is 0 Å². The molecule has 0 aromatic heterocycles. The van der Waals surface area contributed by atoms with Crippen molar-refractivity contribution in [3.05, 3.63) is 28.8 Å². The van der Waals surface area contributed by atoms with Gasteiger partial charge in [0, 0.05) is 12.0 Å². The van der Waals surface area contributed by atoms with Crippen molar-refractivity contribution in [3.63, 3.8) is 0 Å². The molecule has 0 fully saturated rings. The smallest absolute Gasteiger partial charge is 0.338 e. The van der Waals surface area contributed by atoms with Gasteiger partial charge in [-0.25, -0.2) is 13.2 Å². The van der Waals surface area contributed by atoms with Gasteiger partial charge < -0.3 is 4.74 Å². The summed E-state index contributed by atoms with van der Waals surface area (Å²) in [5.41, 5.74) is 1.02. The summed E-state index contributed by atoms with van der Waals surface area (Å²) < 4.78 is 28.6. The Hall–Kier alpha value is -1.69. The van der Waals surface area contributed by atoms with Gasteiger partial charge in [0.1, 0.15) is 0 Å². The number of ketones is 1. The van der Waals surface area contributed by atoms with Gasteiger partial charge in [-0.1, -0.05) is 6.92 Å². The monoisotopic (exact) mass is 282 g/mol. The molecule has 0 atom stereocenters. The molecule has 0 amide bonds. The van der Waals surface area contributed by atoms with Crippen LogP contribution in [-0.4, -0.2) is 33.0 Å². The lowest BCUT2D eigenvalue weighted by molar-refractivity contribution is 0.0598. The first kappa shape index (κ1) is 13.7. The summed E-state index contributed by atoms with van der Waals surface area (Å²) in [6.45, 7) is 1.83. The highest BCUT2D eigenvalue weighted by molar-refractivity contribution is 7.91. The number of carbonyl (C=O) groups is 2. The summed E-state index contributed by atoms with van der Waals surface area (Å²) in [5.74, 6) is -0.992. The summed E-state index contributed by atoms with van der Waals surface area (Å²) in [7, 11) is -2.26. The first-order valence-corrected chi connectivity index (χ1v) is 7.57. The highest BCUT2D eigenvalue weighted by Gasteiger charge is 2.31. The number of hydrogen-bond acceptors (Lipinski definition) is 5. The zero-order chi connectivity index (χ0) is 14.2. The summed E-state index contributed by atoms with van der Waals surface area (Å²) in [6.07, 6.45) is 0.515. The van der Waals surface area contributed by atoms with Crippen LogP contribution in [0, 0.1) is 0 Å². The van der Waals surface area contributed by atoms with Gasteiger partial charge in [0.2, 0.25) is 0 Å². The van der Waals surface area contributed by atoms with Crippen LogP contribution in [-0.2, 0) is 21.0 Å². The molecule has 0 aliphatic carbocycles. The molecule has 1 aromatic rings. The number of sulfone groups is 1. The highest BCUT2D eigenvalue weighted by Crippen LogP contribution is 2.28. The van der Waals surface area contributed by atoms with Crippen LogP contribution < -0.4 is 0 Å². The molecule has 0 bridgehead atoms. The van der Waals surface area contributed by atoms with E-state index in [1.54, 1.807) is 0 Å². The number of ether oxygens (including phenoxy) is 1. The zero-order valence-corrected chi connectivity index (χ0v) is 11.5. The van der Waals surface area contributed by atoms with E-state index in [-0.39, 0.29) is 34.0 Å². The van der Waals surface area contributed by atoms with E-state index in [1.807, 2.05) is 6.92 Å². The number of Topliss-reactive ketones (excluding diaryl/α,β-unsaturated/α-hetero) is 1. The second-order valence-corrected chi connectivity index (χ2v) is 6.42. The van der Waals surface area contributed by atoms with Crippen LogP contribution in [0.5, 0.6) is 0 Å². The van der Waals surface area contributed by atoms with Crippen molar-refractivity contribution in [2.75, 3.05) is 12.9 Å². The SMILES string of the molecule is CCc1cc2c(cc1C(=O)OC)S(=O)(=O)CCC2=O. The van der Waals surface area contributed by atoms with Crippen molar-refractivity contribution in [1.82, 2.24) is 0 Å². The maximum absolute atomic E-state index is 12.0. The minimum absolute atomic E-state index is 0.00391. The number of rotatable bonds is 2. The Morgan fingerprint density at radius 2 is 2.05 bits per heavy atom. The van der Waals surface area contributed by atoms with Crippen LogP contribution in [0.25, 0.3) is 0 Å². The minimum atomic E-state index is -3.49. The predicted octanol–water partition coefficient (Wildman–Crippen LogP) is 1.40. The molecule has 1 aliphatic heterocycles. The second kappa shape index (κ2) is 4.77. The molecule has 1 heterocycles. The largest absolute Gasteiger partial charge is 0.465 e. The zero-order valence-electron chi connectivity index (χ0n) is 10.7. The minimum Gasteiger partial charge on any atom is -0.465 e. The molecule has 0 saturated heterocycles. The molecule has 1 aromatic carbocycles. The molecule has 0 unspecified atom stereocenters. The maximum Gasteiger partial charge on any atom is 0.338 e. The third-order valence-corrected chi connectivity index (χ3v) is 4.97. The molecular weight excluding hydrogens is 268 g/mol. The first-order chi connectivity index (χ1) is 8.90. The van der Waals surface area contributed by atoms with E-state index >= 15 is 0 Å². The van der Waals surface area contributed by atoms with Gasteiger partial charge in [0.05, 0.1) is 23.3 Å². The summed E-state index contributed by atoms with van der Waals surface area (Å²) in [6, 6.07) is 2.77. The van der Waals surface area contributed by atoms with E-state index < -0.39 is 15.8 Å². The van der Waals surface area contributed by atoms with Crippen LogP contribution in [0.2, 0.25) is 0 Å². The molecule has 0 N–H and O–H groups in total. The van der Waals surface area contributed by atoms with E-state index in [0.717, 1.165) is 0 Å². The van der Waals surface area contributed by atoms with Gasteiger partial charge >= 0.3 is 5.97 Å². The summed E-state index contributed by atoms with van der Waals surface area (Å²) in [4.78, 5) is 23.4. The van der Waals surface area contributed by atoms with Crippen LogP contribution >= 0.6 is 0 Å². The number of fused-ring (bicyclic) bond motifs is 1. The fourth-order valence-corrected chi connectivity index (χ4v) is 3.64. The molecular formula is C13H14O5S. The van der Waals surface area contributed by atoms with E-state index in [4.69, 9.17) is 0 Å². The van der Waals surface area contributed by atoms with Gasteiger partial charge in [-0.2, -0.15) is 0 Å². The Bertz CT molecular complexity index is 658. The van der Waals surface area contributed by atoms with E-state index in [2.05, 4.69) is 4.74 Å². The van der Waals surface area contributed by atoms with Crippen molar-refractivity contribution >= 4 is 21.6 Å². The first-order valence-electron chi connectivity index (χ1n) is 5.92. The summed E-state index contributed by atoms with van der Waals surface area (Å²) in [5, 5.41) is 0. The third kappa shape index (κ3) is 2.28. The Kier molecular flexibility index (Phi) is 3.45. The summed E-state index contributed by atoms with van der Waals surface area (Å²) >= 11 is 0. The van der Waals surface area contributed by atoms with Gasteiger partial charge in [0.25, 0.3) is 0 Å². The molecule has 5 nitrogen and oxygen atoms in total. The normalized spacial score (nSPS) is 16.8. The fraction of sp³-hybridized carbons (Fsp3) is 0.385. The van der Waals surface area contributed by atoms with Crippen LogP contribution in [0.1, 0.15) is 39.6 Å². The number of hydrogen-bond donors (Lipinski definition) is 0. The maximum atomic E-state index is 12.0. The van der Waals surface area contributed by atoms with Crippen LogP contribution in [0.15, 0.2) is 17.0 Å². The third-order valence-electron chi connectivity index (χ3n) is 3.22. The standard InChI is InChI=1S/C13H14O5S/c1-3-8-6-10-11(14)4-5-19(16,17)12(10)7-9(8)13(15)18-2/h6-7H,3-5H2,1-2H3. The van der Waals surface area contributed by atoms with Crippen molar-refractivity contribution in [1.29, 1.82) is 0 Å². The van der Waals surface area contributed by atoms with Gasteiger partial charge in [-0.05, 0) is 24.1 Å². The number of aryl methyl sites for hydroxylation is 1. The Morgan fingerprint density at radius 1 is 1.37 bits per heavy atom. The lowest BCUT2D eigenvalue weighted by atomic mass is 9.98. The molecule has 1 aliphatic rings. The van der Waals surface area contributed by atoms with Crippen molar-refractivity contribution in [2.24, 2.45) is 0 Å². The predicted molar refractivity (Wildman–Crippen MR) is 68.2 cm³/mol. The Labute approximate surface area is 111 Å². The van der Waals surface area contributed by atoms with Crippen LogP contribution in [0.4, 0.5) is 0 Å². The molecule has 6 heteroatoms. The molecule has 0 saturated carbocycles. The molecule has 102 valence electrons. The number of methoxy groups -OCH3 is 1.